The average molecular weight is 778 g/mol. The molecule has 0 aliphatic rings. The predicted octanol–water partition coefficient (Wildman–Crippen LogP) is 12.5. The van der Waals surface area contributed by atoms with Gasteiger partial charge in [0.05, 0.1) is 0 Å². The summed E-state index contributed by atoms with van der Waals surface area (Å²) in [6.07, 6.45) is 29.9. The second-order valence-corrected chi connectivity index (χ2v) is 17.5. The van der Waals surface area contributed by atoms with E-state index in [9.17, 15) is 19.2 Å². The summed E-state index contributed by atoms with van der Waals surface area (Å²) in [7, 11) is 0. The highest BCUT2D eigenvalue weighted by Crippen LogP contribution is 2.16. The van der Waals surface area contributed by atoms with Crippen LogP contribution < -0.4 is 5.32 Å². The molecule has 3 amide bonds. The number of allylic oxidation sites excluding steroid dienone is 2. The fraction of sp³-hybridized carbons (Fsp3) is 0.870. The summed E-state index contributed by atoms with van der Waals surface area (Å²) in [6.45, 7) is 18.0. The second-order valence-electron chi connectivity index (χ2n) is 17.5. The van der Waals surface area contributed by atoms with E-state index in [2.05, 4.69) is 31.3 Å². The fourth-order valence-electron chi connectivity index (χ4n) is 6.37. The molecule has 0 aromatic carbocycles. The summed E-state index contributed by atoms with van der Waals surface area (Å²) in [5.74, 6) is 0.334. The largest absolute Gasteiger partial charge is 0.444 e. The third kappa shape index (κ3) is 35.6. The third-order valence-electron chi connectivity index (χ3n) is 9.47. The second kappa shape index (κ2) is 33.5. The lowest BCUT2D eigenvalue weighted by Gasteiger charge is -2.29. The van der Waals surface area contributed by atoms with Crippen molar-refractivity contribution in [3.8, 4) is 0 Å². The highest BCUT2D eigenvalue weighted by atomic mass is 16.6. The van der Waals surface area contributed by atoms with Crippen LogP contribution in [0.25, 0.3) is 0 Å². The number of ether oxygens (including phenoxy) is 2. The minimum Gasteiger partial charge on any atom is -0.444 e. The zero-order valence-corrected chi connectivity index (χ0v) is 37.2. The molecule has 0 rings (SSSR count). The Kier molecular flexibility index (Phi) is 32.0. The fourth-order valence-corrected chi connectivity index (χ4v) is 6.37. The van der Waals surface area contributed by atoms with Crippen molar-refractivity contribution in [1.29, 1.82) is 0 Å². The van der Waals surface area contributed by atoms with Gasteiger partial charge in [0.1, 0.15) is 17.0 Å². The predicted molar refractivity (Wildman–Crippen MR) is 230 cm³/mol. The summed E-state index contributed by atoms with van der Waals surface area (Å²) >= 11 is 0. The Bertz CT molecular complexity index is 1020. The summed E-state index contributed by atoms with van der Waals surface area (Å²) in [4.78, 5) is 54.3. The molecule has 0 atom stereocenters. The van der Waals surface area contributed by atoms with Gasteiger partial charge in [-0.2, -0.15) is 0 Å². The normalized spacial score (nSPS) is 11.9. The van der Waals surface area contributed by atoms with Gasteiger partial charge in [-0.3, -0.25) is 9.59 Å². The van der Waals surface area contributed by atoms with Gasteiger partial charge in [0, 0.05) is 52.0 Å². The molecule has 0 saturated carbocycles. The van der Waals surface area contributed by atoms with Crippen molar-refractivity contribution in [2.45, 2.75) is 227 Å². The van der Waals surface area contributed by atoms with E-state index in [-0.39, 0.29) is 23.9 Å². The lowest BCUT2D eigenvalue weighted by atomic mass is 10.0. The van der Waals surface area contributed by atoms with E-state index in [1.165, 1.54) is 83.5 Å². The molecule has 0 unspecified atom stereocenters. The first-order chi connectivity index (χ1) is 26.2. The van der Waals surface area contributed by atoms with Crippen LogP contribution in [0, 0.1) is 0 Å². The topological polar surface area (TPSA) is 105 Å². The quantitative estimate of drug-likeness (QED) is 0.0515. The molecule has 9 nitrogen and oxygen atoms in total. The molecule has 0 aliphatic heterocycles. The number of amides is 3. The number of carbonyl (C=O) groups excluding carboxylic acids is 4. The molecular weight excluding hydrogens is 691 g/mol. The average Bonchev–Trinajstić information content (AvgIpc) is 3.10. The molecule has 1 N–H and O–H groups in total. The van der Waals surface area contributed by atoms with Crippen molar-refractivity contribution in [2.75, 3.05) is 32.7 Å². The van der Waals surface area contributed by atoms with Crippen molar-refractivity contribution in [3.05, 3.63) is 12.2 Å². The van der Waals surface area contributed by atoms with Crippen LogP contribution in [0.3, 0.4) is 0 Å². The van der Waals surface area contributed by atoms with Gasteiger partial charge < -0.3 is 24.6 Å². The van der Waals surface area contributed by atoms with E-state index in [4.69, 9.17) is 9.47 Å². The van der Waals surface area contributed by atoms with Crippen LogP contribution in [-0.4, -0.2) is 77.6 Å². The molecule has 322 valence electrons. The molecule has 0 radical (unpaired) electrons. The third-order valence-corrected chi connectivity index (χ3v) is 9.47. The van der Waals surface area contributed by atoms with Crippen LogP contribution in [0.2, 0.25) is 0 Å². The summed E-state index contributed by atoms with van der Waals surface area (Å²) < 4.78 is 11.4. The number of rotatable bonds is 34. The number of hydrogen-bond acceptors (Lipinski definition) is 6. The highest BCUT2D eigenvalue weighted by molar-refractivity contribution is 5.78. The van der Waals surface area contributed by atoms with Gasteiger partial charge in [-0.05, 0) is 92.9 Å². The smallest absolute Gasteiger partial charge is 0.410 e. The van der Waals surface area contributed by atoms with Crippen molar-refractivity contribution in [2.24, 2.45) is 0 Å². The summed E-state index contributed by atoms with van der Waals surface area (Å²) in [6, 6.07) is 0. The van der Waals surface area contributed by atoms with Gasteiger partial charge in [0.25, 0.3) is 0 Å². The minimum absolute atomic E-state index is 0.0780. The van der Waals surface area contributed by atoms with E-state index in [1.807, 2.05) is 41.5 Å². The van der Waals surface area contributed by atoms with Gasteiger partial charge in [0.2, 0.25) is 5.91 Å². The van der Waals surface area contributed by atoms with Gasteiger partial charge in [-0.1, -0.05) is 116 Å². The summed E-state index contributed by atoms with van der Waals surface area (Å²) in [5.41, 5.74) is -1.22. The van der Waals surface area contributed by atoms with Gasteiger partial charge >= 0.3 is 12.2 Å². The number of hydrogen-bond donors (Lipinski definition) is 1. The number of nitrogens with zero attached hydrogens (tertiary/aromatic N) is 2. The van der Waals surface area contributed by atoms with Crippen molar-refractivity contribution in [1.82, 2.24) is 15.1 Å². The first-order valence-corrected chi connectivity index (χ1v) is 22.6. The Morgan fingerprint density at radius 1 is 0.491 bits per heavy atom. The number of ketones is 1. The van der Waals surface area contributed by atoms with E-state index in [0.29, 0.717) is 71.2 Å². The number of Topliss-reactive ketones (excluding diaryl/α,β-unsaturated/α-hetero) is 1. The van der Waals surface area contributed by atoms with Crippen LogP contribution >= 0.6 is 0 Å². The van der Waals surface area contributed by atoms with Crippen molar-refractivity contribution >= 4 is 23.9 Å². The Hall–Kier alpha value is -2.58. The van der Waals surface area contributed by atoms with E-state index in [1.54, 1.807) is 9.80 Å². The zero-order chi connectivity index (χ0) is 41.2. The monoisotopic (exact) mass is 778 g/mol. The molecule has 0 aliphatic carbocycles. The van der Waals surface area contributed by atoms with Crippen molar-refractivity contribution in [3.63, 3.8) is 0 Å². The molecule has 55 heavy (non-hydrogen) atoms. The molecule has 0 spiro atoms. The molecule has 9 heteroatoms. The molecule has 0 bridgehead atoms. The van der Waals surface area contributed by atoms with Gasteiger partial charge in [-0.15, -0.1) is 0 Å². The molecule has 0 fully saturated rings. The molecule has 0 aromatic rings. The molecule has 0 aromatic heterocycles. The molecule has 0 saturated heterocycles. The Balaban J connectivity index is 4.53. The van der Waals surface area contributed by atoms with Crippen LogP contribution in [0.15, 0.2) is 12.2 Å². The van der Waals surface area contributed by atoms with Gasteiger partial charge in [0.15, 0.2) is 0 Å². The zero-order valence-electron chi connectivity index (χ0n) is 37.2. The number of nitrogens with one attached hydrogen (secondary N) is 1. The van der Waals surface area contributed by atoms with Crippen LogP contribution in [0.5, 0.6) is 0 Å². The highest BCUT2D eigenvalue weighted by Gasteiger charge is 2.24. The Morgan fingerprint density at radius 3 is 1.33 bits per heavy atom. The number of carbonyl (C=O) groups is 4. The van der Waals surface area contributed by atoms with Gasteiger partial charge in [-0.25, -0.2) is 9.59 Å². The summed E-state index contributed by atoms with van der Waals surface area (Å²) in [5, 5.41) is 3.03. The maximum atomic E-state index is 13.1. The van der Waals surface area contributed by atoms with E-state index >= 15 is 0 Å². The first kappa shape index (κ1) is 52.4. The molecular formula is C46H87N3O6. The Labute approximate surface area is 338 Å². The van der Waals surface area contributed by atoms with E-state index in [0.717, 1.165) is 38.5 Å². The number of unbranched alkanes of at least 4 members (excludes halogenated alkanes) is 16. The lowest BCUT2D eigenvalue weighted by Crippen LogP contribution is -2.40. The SMILES string of the molecule is CC/C=C\CCC(=O)CCCCN(CCCCN(CCCNC(=O)CCCCCCCCCCCCCCCCC)C(=O)OC(C)(C)C)C(=O)OC(C)(C)C. The first-order valence-electron chi connectivity index (χ1n) is 22.6. The van der Waals surface area contributed by atoms with E-state index < -0.39 is 11.2 Å². The minimum atomic E-state index is -0.613. The molecule has 0 heterocycles. The van der Waals surface area contributed by atoms with Crippen molar-refractivity contribution < 1.29 is 28.7 Å². The van der Waals surface area contributed by atoms with Crippen LogP contribution in [0.1, 0.15) is 216 Å². The van der Waals surface area contributed by atoms with Crippen LogP contribution in [-0.2, 0) is 19.1 Å². The maximum Gasteiger partial charge on any atom is 0.410 e. The van der Waals surface area contributed by atoms with Crippen LogP contribution in [0.4, 0.5) is 9.59 Å². The standard InChI is InChI=1S/C46H87N3O6/c1-9-11-13-15-16-17-18-19-20-21-22-23-24-25-27-35-42(51)47-36-32-40-49(44(53)55-46(6,7)8)39-31-30-38-48(43(52)54-45(3,4)5)37-29-28-34-41(50)33-26-14-12-10-2/h12,14H,9-11,13,15-40H2,1-8H3,(H,47,51)/b14-12-. The maximum absolute atomic E-state index is 13.1. The lowest BCUT2D eigenvalue weighted by molar-refractivity contribution is -0.121. The Morgan fingerprint density at radius 2 is 0.891 bits per heavy atom.